The lowest BCUT2D eigenvalue weighted by Gasteiger charge is -2.35. The number of benzene rings is 3. The predicted octanol–water partition coefficient (Wildman–Crippen LogP) is 5.61. The smallest absolute Gasteiger partial charge is 0.322 e. The van der Waals surface area contributed by atoms with Crippen molar-refractivity contribution in [3.8, 4) is 0 Å². The first-order valence-corrected chi connectivity index (χ1v) is 11.3. The highest BCUT2D eigenvalue weighted by Gasteiger charge is 2.27. The molecule has 0 aromatic heterocycles. The third kappa shape index (κ3) is 7.68. The van der Waals surface area contributed by atoms with Crippen LogP contribution in [0.5, 0.6) is 0 Å². The van der Waals surface area contributed by atoms with E-state index in [1.54, 1.807) is 0 Å². The molecule has 0 saturated heterocycles. The minimum atomic E-state index is -0.293. The van der Waals surface area contributed by atoms with Crippen LogP contribution in [0.3, 0.4) is 0 Å². The molecule has 33 heavy (non-hydrogen) atoms. The largest absolute Gasteiger partial charge is 0.336 e. The molecule has 0 heterocycles. The van der Waals surface area contributed by atoms with E-state index in [-0.39, 0.29) is 24.0 Å². The maximum Gasteiger partial charge on any atom is 0.322 e. The Morgan fingerprint density at radius 2 is 1.27 bits per heavy atom. The molecule has 172 valence electrons. The molecule has 3 aromatic carbocycles. The standard InChI is InChI=1S/C27H32N4O2/c1-21(2)25(20-28-26(32)29-23-14-8-4-9-15-23)31(19-18-22-12-6-3-7-13-22)27(33)30-24-16-10-5-11-17-24/h3-17,21,25H,18-20H2,1-2H3,(H,30,33)(H2,28,29,32). The number of rotatable bonds is 9. The Morgan fingerprint density at radius 3 is 1.82 bits per heavy atom. The van der Waals surface area contributed by atoms with Crippen molar-refractivity contribution in [2.75, 3.05) is 23.7 Å². The van der Waals surface area contributed by atoms with Gasteiger partial charge in [0, 0.05) is 24.5 Å². The first kappa shape index (κ1) is 23.9. The number of carbonyl (C=O) groups excluding carboxylic acids is 2. The van der Waals surface area contributed by atoms with Crippen LogP contribution in [-0.4, -0.2) is 36.1 Å². The van der Waals surface area contributed by atoms with Crippen LogP contribution in [0.15, 0.2) is 91.0 Å². The normalized spacial score (nSPS) is 11.5. The average Bonchev–Trinajstić information content (AvgIpc) is 2.82. The Hall–Kier alpha value is -3.80. The molecule has 3 N–H and O–H groups in total. The van der Waals surface area contributed by atoms with Gasteiger partial charge in [-0.1, -0.05) is 80.6 Å². The fourth-order valence-corrected chi connectivity index (χ4v) is 3.63. The van der Waals surface area contributed by atoms with Crippen molar-refractivity contribution in [3.05, 3.63) is 96.6 Å². The topological polar surface area (TPSA) is 73.5 Å². The monoisotopic (exact) mass is 444 g/mol. The number of hydrogen-bond acceptors (Lipinski definition) is 2. The summed E-state index contributed by atoms with van der Waals surface area (Å²) in [7, 11) is 0. The van der Waals surface area contributed by atoms with Crippen LogP contribution in [0.25, 0.3) is 0 Å². The zero-order valence-electron chi connectivity index (χ0n) is 19.2. The molecule has 0 aliphatic rings. The van der Waals surface area contributed by atoms with Crippen LogP contribution in [0, 0.1) is 5.92 Å². The van der Waals surface area contributed by atoms with Crippen molar-refractivity contribution in [2.24, 2.45) is 5.92 Å². The Bertz CT molecular complexity index is 994. The second-order valence-corrected chi connectivity index (χ2v) is 8.24. The molecule has 1 atom stereocenters. The second-order valence-electron chi connectivity index (χ2n) is 8.24. The quantitative estimate of drug-likeness (QED) is 0.401. The summed E-state index contributed by atoms with van der Waals surface area (Å²) in [6, 6.07) is 28.2. The van der Waals surface area contributed by atoms with Gasteiger partial charge in [0.1, 0.15) is 0 Å². The zero-order valence-corrected chi connectivity index (χ0v) is 19.2. The maximum atomic E-state index is 13.3. The first-order valence-electron chi connectivity index (χ1n) is 11.3. The number of carbonyl (C=O) groups is 2. The molecule has 0 bridgehead atoms. The number of hydrogen-bond donors (Lipinski definition) is 3. The van der Waals surface area contributed by atoms with E-state index < -0.39 is 0 Å². The lowest BCUT2D eigenvalue weighted by molar-refractivity contribution is 0.165. The van der Waals surface area contributed by atoms with Crippen LogP contribution in [0.2, 0.25) is 0 Å². The Kier molecular flexibility index (Phi) is 8.88. The molecular formula is C27H32N4O2. The van der Waals surface area contributed by atoms with Gasteiger partial charge in [0.2, 0.25) is 0 Å². The molecule has 0 aliphatic heterocycles. The van der Waals surface area contributed by atoms with Crippen molar-refractivity contribution in [3.63, 3.8) is 0 Å². The molecule has 0 radical (unpaired) electrons. The van der Waals surface area contributed by atoms with E-state index >= 15 is 0 Å². The van der Waals surface area contributed by atoms with Gasteiger partial charge in [0.15, 0.2) is 0 Å². The van der Waals surface area contributed by atoms with E-state index in [0.29, 0.717) is 13.1 Å². The van der Waals surface area contributed by atoms with Gasteiger partial charge in [0.25, 0.3) is 0 Å². The number of amides is 4. The van der Waals surface area contributed by atoms with Gasteiger partial charge < -0.3 is 20.9 Å². The van der Waals surface area contributed by atoms with Gasteiger partial charge in [-0.3, -0.25) is 0 Å². The number of anilines is 2. The Labute approximate surface area is 196 Å². The van der Waals surface area contributed by atoms with Gasteiger partial charge in [-0.15, -0.1) is 0 Å². The number of nitrogens with zero attached hydrogens (tertiary/aromatic N) is 1. The number of nitrogens with one attached hydrogen (secondary N) is 3. The minimum Gasteiger partial charge on any atom is -0.336 e. The molecule has 3 rings (SSSR count). The molecule has 4 amide bonds. The van der Waals surface area contributed by atoms with E-state index in [2.05, 4.69) is 41.9 Å². The summed E-state index contributed by atoms with van der Waals surface area (Å²) in [6.45, 7) is 5.00. The van der Waals surface area contributed by atoms with E-state index in [4.69, 9.17) is 0 Å². The summed E-state index contributed by atoms with van der Waals surface area (Å²) >= 11 is 0. The zero-order chi connectivity index (χ0) is 23.5. The fraction of sp³-hybridized carbons (Fsp3) is 0.259. The van der Waals surface area contributed by atoms with Crippen molar-refractivity contribution in [1.29, 1.82) is 0 Å². The van der Waals surface area contributed by atoms with Crippen molar-refractivity contribution in [1.82, 2.24) is 10.2 Å². The molecule has 0 aliphatic carbocycles. The van der Waals surface area contributed by atoms with Gasteiger partial charge in [-0.05, 0) is 42.2 Å². The number of urea groups is 2. The molecule has 6 nitrogen and oxygen atoms in total. The van der Waals surface area contributed by atoms with Gasteiger partial charge >= 0.3 is 12.1 Å². The molecule has 0 saturated carbocycles. The van der Waals surface area contributed by atoms with E-state index in [1.165, 1.54) is 0 Å². The summed E-state index contributed by atoms with van der Waals surface area (Å²) in [5.41, 5.74) is 2.62. The summed E-state index contributed by atoms with van der Waals surface area (Å²) in [6.07, 6.45) is 0.725. The lowest BCUT2D eigenvalue weighted by Crippen LogP contribution is -2.52. The Balaban J connectivity index is 1.70. The maximum absolute atomic E-state index is 13.3. The summed E-state index contributed by atoms with van der Waals surface area (Å²) in [5, 5.41) is 8.77. The molecule has 0 fully saturated rings. The van der Waals surface area contributed by atoms with Crippen molar-refractivity contribution in [2.45, 2.75) is 26.3 Å². The van der Waals surface area contributed by atoms with Crippen LogP contribution in [-0.2, 0) is 6.42 Å². The van der Waals surface area contributed by atoms with Crippen LogP contribution < -0.4 is 16.0 Å². The van der Waals surface area contributed by atoms with E-state index in [1.807, 2.05) is 83.8 Å². The average molecular weight is 445 g/mol. The highest BCUT2D eigenvalue weighted by molar-refractivity contribution is 5.90. The van der Waals surface area contributed by atoms with E-state index in [9.17, 15) is 9.59 Å². The molecule has 1 unspecified atom stereocenters. The van der Waals surface area contributed by atoms with Crippen LogP contribution in [0.4, 0.5) is 21.0 Å². The summed E-state index contributed by atoms with van der Waals surface area (Å²) < 4.78 is 0. The third-order valence-electron chi connectivity index (χ3n) is 5.44. The minimum absolute atomic E-state index is 0.138. The number of para-hydroxylation sites is 2. The summed E-state index contributed by atoms with van der Waals surface area (Å²) in [5.74, 6) is 0.138. The third-order valence-corrected chi connectivity index (χ3v) is 5.44. The SMILES string of the molecule is CC(C)C(CNC(=O)Nc1ccccc1)N(CCc1ccccc1)C(=O)Nc1ccccc1. The second kappa shape index (κ2) is 12.3. The van der Waals surface area contributed by atoms with Gasteiger partial charge in [-0.2, -0.15) is 0 Å². The summed E-state index contributed by atoms with van der Waals surface area (Å²) in [4.78, 5) is 27.6. The highest BCUT2D eigenvalue weighted by Crippen LogP contribution is 2.16. The molecule has 6 heteroatoms. The predicted molar refractivity (Wildman–Crippen MR) is 134 cm³/mol. The van der Waals surface area contributed by atoms with Crippen LogP contribution >= 0.6 is 0 Å². The van der Waals surface area contributed by atoms with Crippen LogP contribution in [0.1, 0.15) is 19.4 Å². The fourth-order valence-electron chi connectivity index (χ4n) is 3.63. The lowest BCUT2D eigenvalue weighted by atomic mass is 10.0. The molecule has 0 spiro atoms. The van der Waals surface area contributed by atoms with Gasteiger partial charge in [0.05, 0.1) is 6.04 Å². The van der Waals surface area contributed by atoms with Crippen molar-refractivity contribution >= 4 is 23.4 Å². The van der Waals surface area contributed by atoms with Crippen molar-refractivity contribution < 1.29 is 9.59 Å². The molecule has 3 aromatic rings. The molecular weight excluding hydrogens is 412 g/mol. The van der Waals surface area contributed by atoms with Gasteiger partial charge in [-0.25, -0.2) is 9.59 Å². The van der Waals surface area contributed by atoms with E-state index in [0.717, 1.165) is 23.4 Å². The Morgan fingerprint density at radius 1 is 0.758 bits per heavy atom. The highest BCUT2D eigenvalue weighted by atomic mass is 16.2. The first-order chi connectivity index (χ1) is 16.0.